The minimum atomic E-state index is -0.200. The van der Waals surface area contributed by atoms with Crippen molar-refractivity contribution in [1.29, 1.82) is 0 Å². The third-order valence-corrected chi connectivity index (χ3v) is 3.96. The fraction of sp³-hybridized carbons (Fsp3) is 0.438. The Hall–Kier alpha value is -1.56. The largest absolute Gasteiger partial charge is 0.465 e. The number of aromatic nitrogens is 1. The van der Waals surface area contributed by atoms with E-state index >= 15 is 0 Å². The number of nitrogens with one attached hydrogen (secondary N) is 1. The Morgan fingerprint density at radius 2 is 2.18 bits per heavy atom. The predicted octanol–water partition coefficient (Wildman–Crippen LogP) is 2.24. The fourth-order valence-corrected chi connectivity index (χ4v) is 3.01. The summed E-state index contributed by atoms with van der Waals surface area (Å²) in [5.74, 6) is -0.200. The van der Waals surface area contributed by atoms with Gasteiger partial charge in [0.25, 0.3) is 0 Å². The third-order valence-electron chi connectivity index (χ3n) is 3.96. The summed E-state index contributed by atoms with van der Waals surface area (Å²) in [6.45, 7) is 3.23. The minimum Gasteiger partial charge on any atom is -0.465 e. The van der Waals surface area contributed by atoms with Gasteiger partial charge in [0.2, 0.25) is 0 Å². The van der Waals surface area contributed by atoms with E-state index < -0.39 is 0 Å². The highest BCUT2D eigenvalue weighted by atomic mass is 35.5. The van der Waals surface area contributed by atoms with Gasteiger partial charge in [0.05, 0.1) is 6.61 Å². The highest BCUT2D eigenvalue weighted by Gasteiger charge is 2.25. The number of benzene rings is 1. The molecule has 22 heavy (non-hydrogen) atoms. The second kappa shape index (κ2) is 7.13. The van der Waals surface area contributed by atoms with Crippen LogP contribution in [0.1, 0.15) is 18.2 Å². The summed E-state index contributed by atoms with van der Waals surface area (Å²) >= 11 is 0. The predicted molar refractivity (Wildman–Crippen MR) is 87.2 cm³/mol. The Bertz CT molecular complexity index is 669. The summed E-state index contributed by atoms with van der Waals surface area (Å²) < 4.78 is 12.6. The molecular formula is C16H21ClN2O3. The van der Waals surface area contributed by atoms with E-state index in [9.17, 15) is 4.79 Å². The van der Waals surface area contributed by atoms with Crippen LogP contribution >= 0.6 is 12.4 Å². The molecule has 1 aliphatic heterocycles. The third kappa shape index (κ3) is 2.97. The van der Waals surface area contributed by atoms with E-state index in [1.54, 1.807) is 7.11 Å². The Kier molecular flexibility index (Phi) is 5.45. The smallest absolute Gasteiger partial charge is 0.325 e. The zero-order valence-electron chi connectivity index (χ0n) is 12.8. The lowest BCUT2D eigenvalue weighted by Crippen LogP contribution is -2.37. The summed E-state index contributed by atoms with van der Waals surface area (Å²) in [5, 5.41) is 4.55. The van der Waals surface area contributed by atoms with Gasteiger partial charge in [0.15, 0.2) is 0 Å². The maximum Gasteiger partial charge on any atom is 0.325 e. The molecule has 0 amide bonds. The average Bonchev–Trinajstić information content (AvgIpc) is 2.81. The van der Waals surface area contributed by atoms with Crippen molar-refractivity contribution in [3.8, 4) is 0 Å². The molecule has 2 heterocycles. The number of nitrogens with zero attached hydrogens (tertiary/aromatic N) is 1. The lowest BCUT2D eigenvalue weighted by atomic mass is 10.1. The maximum atomic E-state index is 11.9. The van der Waals surface area contributed by atoms with Crippen LogP contribution in [0.5, 0.6) is 0 Å². The molecule has 1 N–H and O–H groups in total. The molecule has 1 atom stereocenters. The highest BCUT2D eigenvalue weighted by Crippen LogP contribution is 2.29. The number of ether oxygens (including phenoxy) is 2. The Labute approximate surface area is 136 Å². The number of hydrogen-bond acceptors (Lipinski definition) is 4. The van der Waals surface area contributed by atoms with Crippen molar-refractivity contribution in [1.82, 2.24) is 9.88 Å². The summed E-state index contributed by atoms with van der Waals surface area (Å²) in [6.07, 6.45) is 0.739. The van der Waals surface area contributed by atoms with Crippen molar-refractivity contribution in [3.63, 3.8) is 0 Å². The first-order valence-electron chi connectivity index (χ1n) is 7.25. The maximum absolute atomic E-state index is 11.9. The van der Waals surface area contributed by atoms with E-state index in [4.69, 9.17) is 9.47 Å². The second-order valence-electron chi connectivity index (χ2n) is 5.14. The molecule has 2 aromatic rings. The number of rotatable bonds is 4. The van der Waals surface area contributed by atoms with Crippen molar-refractivity contribution >= 4 is 29.3 Å². The van der Waals surface area contributed by atoms with E-state index in [0.29, 0.717) is 6.61 Å². The van der Waals surface area contributed by atoms with E-state index in [1.807, 2.05) is 19.1 Å². The van der Waals surface area contributed by atoms with Gasteiger partial charge in [-0.1, -0.05) is 18.2 Å². The zero-order valence-corrected chi connectivity index (χ0v) is 13.6. The molecule has 1 aromatic heterocycles. The SMILES string of the molecule is CCOC(=O)Cn1c2c(c3ccccc31)CNC(OC)C2.Cl. The molecule has 0 fully saturated rings. The Balaban J connectivity index is 0.00000176. The fourth-order valence-electron chi connectivity index (χ4n) is 3.01. The first-order chi connectivity index (χ1) is 10.2. The van der Waals surface area contributed by atoms with Crippen LogP contribution in [0.4, 0.5) is 0 Å². The topological polar surface area (TPSA) is 52.5 Å². The van der Waals surface area contributed by atoms with Gasteiger partial charge in [-0.3, -0.25) is 10.1 Å². The van der Waals surface area contributed by atoms with Crippen molar-refractivity contribution in [2.75, 3.05) is 13.7 Å². The van der Waals surface area contributed by atoms with Crippen LogP contribution in [0.3, 0.4) is 0 Å². The van der Waals surface area contributed by atoms with Gasteiger partial charge in [-0.25, -0.2) is 0 Å². The molecule has 0 bridgehead atoms. The Morgan fingerprint density at radius 1 is 1.41 bits per heavy atom. The Morgan fingerprint density at radius 3 is 2.91 bits per heavy atom. The molecule has 1 aliphatic rings. The number of hydrogen-bond donors (Lipinski definition) is 1. The zero-order chi connectivity index (χ0) is 14.8. The highest BCUT2D eigenvalue weighted by molar-refractivity contribution is 5.87. The number of para-hydroxylation sites is 1. The van der Waals surface area contributed by atoms with Crippen LogP contribution in [-0.4, -0.2) is 30.5 Å². The van der Waals surface area contributed by atoms with Crippen molar-refractivity contribution in [2.45, 2.75) is 32.7 Å². The minimum absolute atomic E-state index is 0. The standard InChI is InChI=1S/C16H20N2O3.ClH/c1-3-21-16(19)10-18-13-7-5-4-6-11(13)12-9-17-15(20-2)8-14(12)18;/h4-7,15,17H,3,8-10H2,1-2H3;1H. The van der Waals surface area contributed by atoms with Gasteiger partial charge in [-0.2, -0.15) is 0 Å². The van der Waals surface area contributed by atoms with Crippen LogP contribution in [0, 0.1) is 0 Å². The first-order valence-corrected chi connectivity index (χ1v) is 7.25. The number of methoxy groups -OCH3 is 1. The van der Waals surface area contributed by atoms with Crippen LogP contribution in [0.2, 0.25) is 0 Å². The summed E-state index contributed by atoms with van der Waals surface area (Å²) in [6, 6.07) is 8.18. The van der Waals surface area contributed by atoms with Gasteiger partial charge in [0, 0.05) is 36.7 Å². The number of halogens is 1. The van der Waals surface area contributed by atoms with E-state index in [0.717, 1.165) is 24.2 Å². The molecule has 3 rings (SSSR count). The molecule has 120 valence electrons. The summed E-state index contributed by atoms with van der Waals surface area (Å²) in [7, 11) is 1.70. The lowest BCUT2D eigenvalue weighted by Gasteiger charge is -2.24. The normalized spacial score (nSPS) is 16.9. The quantitative estimate of drug-likeness (QED) is 0.876. The molecule has 1 unspecified atom stereocenters. The second-order valence-corrected chi connectivity index (χ2v) is 5.14. The monoisotopic (exact) mass is 324 g/mol. The molecule has 6 heteroatoms. The van der Waals surface area contributed by atoms with Crippen molar-refractivity contribution < 1.29 is 14.3 Å². The van der Waals surface area contributed by atoms with Crippen LogP contribution < -0.4 is 5.32 Å². The molecular weight excluding hydrogens is 304 g/mol. The van der Waals surface area contributed by atoms with Gasteiger partial charge in [-0.05, 0) is 18.6 Å². The molecule has 0 saturated heterocycles. The van der Waals surface area contributed by atoms with Gasteiger partial charge in [-0.15, -0.1) is 12.4 Å². The molecule has 0 aliphatic carbocycles. The average molecular weight is 325 g/mol. The number of carbonyl (C=O) groups is 1. The molecule has 1 aromatic carbocycles. The number of esters is 1. The molecule has 0 saturated carbocycles. The van der Waals surface area contributed by atoms with Crippen molar-refractivity contribution in [2.24, 2.45) is 0 Å². The van der Waals surface area contributed by atoms with E-state index in [2.05, 4.69) is 22.0 Å². The van der Waals surface area contributed by atoms with Crippen LogP contribution in [-0.2, 0) is 33.8 Å². The molecule has 5 nitrogen and oxygen atoms in total. The van der Waals surface area contributed by atoms with Crippen LogP contribution in [0.25, 0.3) is 10.9 Å². The first kappa shape index (κ1) is 16.8. The summed E-state index contributed by atoms with van der Waals surface area (Å²) in [4.78, 5) is 11.9. The number of fused-ring (bicyclic) bond motifs is 3. The molecule has 0 spiro atoms. The van der Waals surface area contributed by atoms with Crippen molar-refractivity contribution in [3.05, 3.63) is 35.5 Å². The van der Waals surface area contributed by atoms with Gasteiger partial charge >= 0.3 is 5.97 Å². The van der Waals surface area contributed by atoms with Crippen LogP contribution in [0.15, 0.2) is 24.3 Å². The van der Waals surface area contributed by atoms with E-state index in [-0.39, 0.29) is 31.1 Å². The summed E-state index contributed by atoms with van der Waals surface area (Å²) in [5.41, 5.74) is 3.49. The molecule has 0 radical (unpaired) electrons. The lowest BCUT2D eigenvalue weighted by molar-refractivity contribution is -0.143. The number of carbonyl (C=O) groups excluding carboxylic acids is 1. The van der Waals surface area contributed by atoms with Gasteiger partial charge in [0.1, 0.15) is 12.8 Å². The van der Waals surface area contributed by atoms with Gasteiger partial charge < -0.3 is 14.0 Å². The van der Waals surface area contributed by atoms with E-state index in [1.165, 1.54) is 10.9 Å².